The van der Waals surface area contributed by atoms with Gasteiger partial charge in [-0.1, -0.05) is 0 Å². The molecular weight excluding hydrogens is 1100 g/mol. The van der Waals surface area contributed by atoms with Crippen LogP contribution in [-0.2, 0) is 101 Å². The van der Waals surface area contributed by atoms with Crippen LogP contribution in [0.15, 0.2) is 0 Å². The molecule has 0 spiro atoms. The molecule has 54 heteroatoms. The van der Waals surface area contributed by atoms with Crippen molar-refractivity contribution in [2.45, 2.75) is 0 Å². The molecule has 0 fully saturated rings. The van der Waals surface area contributed by atoms with E-state index in [4.69, 9.17) is 184 Å². The van der Waals surface area contributed by atoms with Crippen molar-refractivity contribution < 1.29 is 162 Å². The van der Waals surface area contributed by atoms with Crippen molar-refractivity contribution in [1.82, 2.24) is 0 Å². The normalized spacial score (nSPS) is 5.33. The molecule has 0 amide bonds. The molecule has 0 bridgehead atoms. The van der Waals surface area contributed by atoms with E-state index in [0.717, 1.165) is 0 Å². The smallest absolute Gasteiger partial charge is 0.356 e. The first-order chi connectivity index (χ1) is 20.8. The molecule has 0 aromatic carbocycles. The molecule has 48 nitrogen and oxygen atoms in total. The fourth-order valence-electron chi connectivity index (χ4n) is 0. The molecule has 0 saturated heterocycles. The molecule has 54 heavy (non-hydrogen) atoms. The maximum atomic E-state index is 8.25. The predicted molar refractivity (Wildman–Crippen MR) is 124 cm³/mol. The molecule has 0 saturated carbocycles. The Morgan fingerprint density at radius 3 is 0.130 bits per heavy atom. The molecule has 0 aromatic heterocycles. The first kappa shape index (κ1) is 118. The minimum atomic E-state index is -1.75. The third kappa shape index (κ3) is 2080. The van der Waals surface area contributed by atoms with Crippen LogP contribution in [0.2, 0.25) is 0 Å². The summed E-state index contributed by atoms with van der Waals surface area (Å²) in [5, 5.41) is 177. The molecule has 0 heterocycles. The van der Waals surface area contributed by atoms with E-state index in [1.807, 2.05) is 0 Å². The van der Waals surface area contributed by atoms with Gasteiger partial charge in [0.1, 0.15) is 0 Å². The van der Waals surface area contributed by atoms with Gasteiger partial charge in [0.2, 0.25) is 0 Å². The van der Waals surface area contributed by atoms with E-state index in [1.165, 1.54) is 0 Å². The van der Waals surface area contributed by atoms with E-state index in [1.54, 1.807) is 0 Å². The second kappa shape index (κ2) is 111. The molecule has 0 atom stereocenters. The van der Waals surface area contributed by atoms with Gasteiger partial charge in [0.05, 0.1) is 61.0 Å². The van der Waals surface area contributed by atoms with Crippen LogP contribution in [0.5, 0.6) is 0 Å². The van der Waals surface area contributed by atoms with Crippen molar-refractivity contribution >= 4 is 0 Å². The summed E-state index contributed by atoms with van der Waals surface area (Å²) in [5.74, 6) is 0. The second-order valence-corrected chi connectivity index (χ2v) is 2.68. The predicted octanol–water partition coefficient (Wildman–Crippen LogP) is -2.88. The van der Waals surface area contributed by atoms with Crippen molar-refractivity contribution in [2.24, 2.45) is 0 Å². The van der Waals surface area contributed by atoms with Gasteiger partial charge in [0, 0.05) is 0 Å². The summed E-state index contributed by atoms with van der Waals surface area (Å²) in [7, 11) is 0. The summed E-state index contributed by atoms with van der Waals surface area (Å²) in [5.41, 5.74) is 0. The van der Waals surface area contributed by atoms with Crippen molar-refractivity contribution in [3.8, 4) is 0 Å². The van der Waals surface area contributed by atoms with Crippen molar-refractivity contribution in [3.05, 3.63) is 184 Å². The average Bonchev–Trinajstić information content (AvgIpc) is 2.61. The van der Waals surface area contributed by atoms with Gasteiger partial charge in [-0.15, -0.1) is 0 Å². The van der Waals surface area contributed by atoms with Gasteiger partial charge in [0.25, 0.3) is 0 Å². The number of rotatable bonds is 0. The number of hydrogen-bond donors (Lipinski definition) is 0. The summed E-state index contributed by atoms with van der Waals surface area (Å²) < 4.78 is 0. The molecule has 0 aromatic rings. The zero-order chi connectivity index (χ0) is 42.9. The topological polar surface area (TPSA) is 794 Å². The van der Waals surface area contributed by atoms with Gasteiger partial charge in [-0.3, -0.25) is 0 Å². The zero-order valence-corrected chi connectivity index (χ0v) is 28.3. The Hall–Kier alpha value is -6.56. The maximum absolute atomic E-state index is 8.25. The Balaban J connectivity index is -0.0000000162. The molecule has 0 aliphatic rings. The van der Waals surface area contributed by atoms with Crippen LogP contribution in [0.4, 0.5) is 0 Å². The molecule has 6 radical (unpaired) electrons. The molecule has 0 aliphatic carbocycles. The Kier molecular flexibility index (Phi) is 242. The SMILES string of the molecule is O=[N+]([O-])[O-].O=[N+]([O-])[O-].O=[N+]([O-])[O-].O=[N+]([O-])[O-].O=[N+]([O-])[O-].O=[N+]([O-])[O-].O=[N+]([O-])[O-].O=[N+]([O-])[O-].O=[N+]([O-])[O-].O=[N+]([O-])[O-].O=[N+]([O-])[O-].O=[N+]([O-])[O-].[Co+2].[Co+2].[Co+2].[Co+2].[Co+2].[Co+2]. The van der Waals surface area contributed by atoms with E-state index in [-0.39, 0.29) is 101 Å². The molecular formula is Co6N12O36. The fraction of sp³-hybridized carbons (Fsp3) is 0. The third-order valence-electron chi connectivity index (χ3n) is 0. The Morgan fingerprint density at radius 1 is 0.130 bits per heavy atom. The third-order valence-corrected chi connectivity index (χ3v) is 0. The molecule has 330 valence electrons. The van der Waals surface area contributed by atoms with Crippen LogP contribution in [-0.4, -0.2) is 61.0 Å². The quantitative estimate of drug-likeness (QED) is 0.174. The molecule has 0 unspecified atom stereocenters. The Bertz CT molecular complexity index is 600. The van der Waals surface area contributed by atoms with Crippen molar-refractivity contribution in [2.75, 3.05) is 0 Å². The standard InChI is InChI=1S/6Co.12NO3/c;;;;;;12*2-1(3)4/q6*+2;12*-1. The van der Waals surface area contributed by atoms with Crippen LogP contribution in [0.1, 0.15) is 0 Å². The van der Waals surface area contributed by atoms with Gasteiger partial charge in [-0.2, -0.15) is 0 Å². The summed E-state index contributed by atoms with van der Waals surface area (Å²) >= 11 is 0. The first-order valence-electron chi connectivity index (χ1n) is 6.57. The van der Waals surface area contributed by atoms with Gasteiger partial charge in [-0.05, 0) is 0 Å². The summed E-state index contributed by atoms with van der Waals surface area (Å²) in [6.45, 7) is 0. The largest absolute Gasteiger partial charge is 2.00 e. The molecule has 0 rings (SSSR count). The summed E-state index contributed by atoms with van der Waals surface area (Å²) in [4.78, 5) is 99.0. The van der Waals surface area contributed by atoms with Crippen LogP contribution >= 0.6 is 0 Å². The van der Waals surface area contributed by atoms with E-state index >= 15 is 0 Å². The monoisotopic (exact) mass is 1100 g/mol. The molecule has 0 aliphatic heterocycles. The van der Waals surface area contributed by atoms with Gasteiger partial charge in [-0.25, -0.2) is 0 Å². The number of hydrogen-bond acceptors (Lipinski definition) is 36. The van der Waals surface area contributed by atoms with Crippen LogP contribution in [0.3, 0.4) is 0 Å². The van der Waals surface area contributed by atoms with Crippen LogP contribution < -0.4 is 0 Å². The summed E-state index contributed by atoms with van der Waals surface area (Å²) in [6, 6.07) is 0. The van der Waals surface area contributed by atoms with Gasteiger partial charge >= 0.3 is 101 Å². The van der Waals surface area contributed by atoms with Crippen LogP contribution in [0, 0.1) is 184 Å². The van der Waals surface area contributed by atoms with Crippen molar-refractivity contribution in [1.29, 1.82) is 0 Å². The maximum Gasteiger partial charge on any atom is 2.00 e. The average molecular weight is 1100 g/mol. The van der Waals surface area contributed by atoms with Crippen molar-refractivity contribution in [3.63, 3.8) is 0 Å². The van der Waals surface area contributed by atoms with E-state index in [2.05, 4.69) is 0 Å². The number of nitrogens with zero attached hydrogens (tertiary/aromatic N) is 12. The van der Waals surface area contributed by atoms with E-state index in [0.29, 0.717) is 0 Å². The zero-order valence-electron chi connectivity index (χ0n) is 22.1. The second-order valence-electron chi connectivity index (χ2n) is 2.68. The summed E-state index contributed by atoms with van der Waals surface area (Å²) in [6.07, 6.45) is 0. The minimum absolute atomic E-state index is 0. The Labute approximate surface area is 344 Å². The fourth-order valence-corrected chi connectivity index (χ4v) is 0. The molecule has 0 N–H and O–H groups in total. The van der Waals surface area contributed by atoms with E-state index < -0.39 is 61.0 Å². The van der Waals surface area contributed by atoms with Gasteiger partial charge < -0.3 is 184 Å². The minimum Gasteiger partial charge on any atom is -0.356 e. The van der Waals surface area contributed by atoms with Gasteiger partial charge in [0.15, 0.2) is 0 Å². The van der Waals surface area contributed by atoms with Crippen LogP contribution in [0.25, 0.3) is 0 Å². The first-order valence-corrected chi connectivity index (χ1v) is 6.57. The van der Waals surface area contributed by atoms with E-state index in [9.17, 15) is 0 Å². The Morgan fingerprint density at radius 2 is 0.130 bits per heavy atom.